The lowest BCUT2D eigenvalue weighted by Crippen LogP contribution is -2.40. The van der Waals surface area contributed by atoms with E-state index >= 15 is 0 Å². The number of hydrogen-bond acceptors (Lipinski definition) is 7. The zero-order valence-corrected chi connectivity index (χ0v) is 22.0. The third-order valence-electron chi connectivity index (χ3n) is 6.24. The number of sulfonamides is 1. The number of amidine groups is 1. The number of anilines is 1. The van der Waals surface area contributed by atoms with Crippen molar-refractivity contribution in [2.45, 2.75) is 50.8 Å². The number of Topliss-reactive ketones (excluding diaryl/α,β-unsaturated/α-hetero) is 1. The highest BCUT2D eigenvalue weighted by molar-refractivity contribution is 7.92. The van der Waals surface area contributed by atoms with E-state index in [4.69, 9.17) is 0 Å². The number of rotatable bonds is 5. The molecule has 0 spiro atoms. The Labute approximate surface area is 207 Å². The fraction of sp³-hybridized carbons (Fsp3) is 0.360. The molecule has 0 fully saturated rings. The van der Waals surface area contributed by atoms with Gasteiger partial charge in [0, 0.05) is 11.3 Å². The smallest absolute Gasteiger partial charge is 0.229 e. The normalized spacial score (nSPS) is 22.1. The van der Waals surface area contributed by atoms with Gasteiger partial charge in [0.05, 0.1) is 32.8 Å². The van der Waals surface area contributed by atoms with Crippen molar-refractivity contribution in [1.29, 1.82) is 0 Å². The minimum absolute atomic E-state index is 0.00563. The first-order valence-electron chi connectivity index (χ1n) is 11.2. The lowest BCUT2D eigenvalue weighted by atomic mass is 9.65. The highest BCUT2D eigenvalue weighted by Gasteiger charge is 2.46. The third-order valence-corrected chi connectivity index (χ3v) is 7.98. The molecule has 0 saturated heterocycles. The van der Waals surface area contributed by atoms with E-state index in [2.05, 4.69) is 34.8 Å². The van der Waals surface area contributed by atoms with E-state index in [1.165, 1.54) is 18.2 Å². The number of aliphatic imine (C=N–C) groups is 1. The number of hydrogen-bond donors (Lipinski definition) is 3. The quantitative estimate of drug-likeness (QED) is 0.495. The van der Waals surface area contributed by atoms with Crippen molar-refractivity contribution >= 4 is 49.4 Å². The van der Waals surface area contributed by atoms with Crippen molar-refractivity contribution in [3.05, 3.63) is 59.2 Å². The minimum Gasteiger partial charge on any atom is -0.506 e. The van der Waals surface area contributed by atoms with Crippen LogP contribution in [0.15, 0.2) is 62.3 Å². The largest absolute Gasteiger partial charge is 0.506 e. The molecule has 0 aromatic heterocycles. The van der Waals surface area contributed by atoms with Crippen LogP contribution in [0.4, 0.5) is 11.4 Å². The monoisotopic (exact) mass is 515 g/mol. The molecule has 2 atom stereocenters. The lowest BCUT2D eigenvalue weighted by Gasteiger charge is -2.37. The van der Waals surface area contributed by atoms with Crippen molar-refractivity contribution in [1.82, 2.24) is 0 Å². The summed E-state index contributed by atoms with van der Waals surface area (Å²) >= 11 is 0. The Morgan fingerprint density at radius 2 is 1.83 bits per heavy atom. The van der Waals surface area contributed by atoms with Gasteiger partial charge in [0.25, 0.3) is 0 Å². The molecule has 4 rings (SSSR count). The first-order chi connectivity index (χ1) is 16.2. The summed E-state index contributed by atoms with van der Waals surface area (Å²) in [4.78, 5) is 18.6. The number of thiol groups is 1. The summed E-state index contributed by atoms with van der Waals surface area (Å²) in [5.74, 6) is -0.632. The molecule has 10 heteroatoms. The SMILES string of the molecule is CC(C)(C)CC[C@@]1(C)C(=O)C(C2=Nc3ccc(NS(C)(=O)=O)cc3[SH](=O)=N2)=C(O)c2ccccc21. The predicted octanol–water partition coefficient (Wildman–Crippen LogP) is 4.76. The number of aliphatic hydroxyl groups is 1. The Morgan fingerprint density at radius 1 is 1.14 bits per heavy atom. The van der Waals surface area contributed by atoms with Gasteiger partial charge in [-0.1, -0.05) is 45.0 Å². The predicted molar refractivity (Wildman–Crippen MR) is 139 cm³/mol. The van der Waals surface area contributed by atoms with Crippen LogP contribution in [-0.2, 0) is 30.8 Å². The topological polar surface area (TPSA) is 125 Å². The van der Waals surface area contributed by atoms with Crippen LogP contribution in [0.1, 0.15) is 51.7 Å². The van der Waals surface area contributed by atoms with Gasteiger partial charge in [0.15, 0.2) is 11.6 Å². The molecular weight excluding hydrogens is 486 g/mol. The molecule has 2 aromatic carbocycles. The molecule has 1 aliphatic heterocycles. The first-order valence-corrected chi connectivity index (χ1v) is 14.3. The standard InChI is InChI=1S/C25H29N3O5S2/c1-24(2,3)12-13-25(4)17-9-7-6-8-16(17)21(29)20(22(25)30)23-26-18-11-10-15(28-35(5,32)33)14-19(18)34(31)27-23/h6-11,14,28-29,34H,12-13H2,1-5H3/t25-/m1/s1. The summed E-state index contributed by atoms with van der Waals surface area (Å²) in [6.45, 7) is 8.20. The molecule has 1 aliphatic carbocycles. The number of nitrogens with zero attached hydrogens (tertiary/aromatic N) is 2. The van der Waals surface area contributed by atoms with E-state index in [1.54, 1.807) is 12.1 Å². The second kappa shape index (κ2) is 8.60. The highest BCUT2D eigenvalue weighted by Crippen LogP contribution is 2.45. The van der Waals surface area contributed by atoms with Crippen LogP contribution >= 0.6 is 0 Å². The van der Waals surface area contributed by atoms with Crippen molar-refractivity contribution in [2.24, 2.45) is 14.8 Å². The summed E-state index contributed by atoms with van der Waals surface area (Å²) in [7, 11) is -5.90. The van der Waals surface area contributed by atoms with Gasteiger partial charge in [-0.15, -0.1) is 0 Å². The van der Waals surface area contributed by atoms with Gasteiger partial charge in [-0.2, -0.15) is 4.36 Å². The molecule has 0 amide bonds. The van der Waals surface area contributed by atoms with Crippen LogP contribution in [0.3, 0.4) is 0 Å². The Balaban J connectivity index is 1.84. The average Bonchev–Trinajstić information content (AvgIpc) is 2.75. The number of carbonyl (C=O) groups is 1. The van der Waals surface area contributed by atoms with E-state index in [0.29, 0.717) is 17.7 Å². The van der Waals surface area contributed by atoms with Gasteiger partial charge >= 0.3 is 0 Å². The summed E-state index contributed by atoms with van der Waals surface area (Å²) < 4.78 is 42.7. The molecule has 8 nitrogen and oxygen atoms in total. The molecular formula is C25H29N3O5S2. The molecule has 35 heavy (non-hydrogen) atoms. The number of benzene rings is 2. The number of carbonyl (C=O) groups excluding carboxylic acids is 1. The van der Waals surface area contributed by atoms with E-state index in [0.717, 1.165) is 18.2 Å². The number of fused-ring (bicyclic) bond motifs is 2. The number of ketones is 1. The summed E-state index contributed by atoms with van der Waals surface area (Å²) in [5.41, 5.74) is 0.847. The Kier molecular flexibility index (Phi) is 6.17. The molecule has 1 unspecified atom stereocenters. The van der Waals surface area contributed by atoms with Crippen molar-refractivity contribution in [3.63, 3.8) is 0 Å². The van der Waals surface area contributed by atoms with Crippen molar-refractivity contribution in [3.8, 4) is 0 Å². The lowest BCUT2D eigenvalue weighted by molar-refractivity contribution is -0.120. The van der Waals surface area contributed by atoms with Gasteiger partial charge in [-0.3, -0.25) is 9.52 Å². The van der Waals surface area contributed by atoms with Crippen LogP contribution in [0.5, 0.6) is 0 Å². The highest BCUT2D eigenvalue weighted by atomic mass is 32.2. The average molecular weight is 516 g/mol. The molecule has 0 bridgehead atoms. The van der Waals surface area contributed by atoms with Crippen LogP contribution in [0, 0.1) is 5.41 Å². The fourth-order valence-corrected chi connectivity index (χ4v) is 5.87. The maximum atomic E-state index is 13.9. The second-order valence-electron chi connectivity index (χ2n) is 10.4. The van der Waals surface area contributed by atoms with E-state index in [-0.39, 0.29) is 38.9 Å². The molecule has 0 radical (unpaired) electrons. The van der Waals surface area contributed by atoms with Gasteiger partial charge in [0.1, 0.15) is 11.3 Å². The van der Waals surface area contributed by atoms with Gasteiger partial charge in [-0.25, -0.2) is 17.6 Å². The van der Waals surface area contributed by atoms with Crippen molar-refractivity contribution in [2.75, 3.05) is 11.0 Å². The molecule has 2 N–H and O–H groups in total. The van der Waals surface area contributed by atoms with Gasteiger partial charge in [0.2, 0.25) is 10.0 Å². The fourth-order valence-electron chi connectivity index (χ4n) is 4.32. The second-order valence-corrected chi connectivity index (χ2v) is 13.4. The van der Waals surface area contributed by atoms with Crippen LogP contribution in [0.2, 0.25) is 0 Å². The Bertz CT molecular complexity index is 1490. The van der Waals surface area contributed by atoms with Crippen molar-refractivity contribution < 1.29 is 22.5 Å². The molecule has 186 valence electrons. The molecule has 2 aliphatic rings. The summed E-state index contributed by atoms with van der Waals surface area (Å²) in [5, 5.41) is 11.2. The molecule has 2 aromatic rings. The Hall–Kier alpha value is -2.98. The summed E-state index contributed by atoms with van der Waals surface area (Å²) in [6.07, 6.45) is 2.35. The molecule has 0 saturated carbocycles. The third kappa shape index (κ3) is 4.90. The number of nitrogens with one attached hydrogen (secondary N) is 1. The zero-order chi connectivity index (χ0) is 25.8. The zero-order valence-electron chi connectivity index (χ0n) is 20.3. The number of aliphatic hydroxyl groups excluding tert-OH is 1. The minimum atomic E-state index is -3.52. The Morgan fingerprint density at radius 3 is 2.49 bits per heavy atom. The van der Waals surface area contributed by atoms with Gasteiger partial charge < -0.3 is 5.11 Å². The maximum Gasteiger partial charge on any atom is 0.229 e. The van der Waals surface area contributed by atoms with Crippen LogP contribution < -0.4 is 4.72 Å². The van der Waals surface area contributed by atoms with Gasteiger partial charge in [-0.05, 0) is 48.9 Å². The first kappa shape index (κ1) is 25.1. The van der Waals surface area contributed by atoms with Crippen LogP contribution in [0.25, 0.3) is 5.76 Å². The van der Waals surface area contributed by atoms with E-state index in [9.17, 15) is 22.5 Å². The summed E-state index contributed by atoms with van der Waals surface area (Å²) in [6, 6.07) is 11.7. The van der Waals surface area contributed by atoms with Crippen LogP contribution in [-0.4, -0.2) is 35.6 Å². The molecule has 1 heterocycles. The van der Waals surface area contributed by atoms with E-state index < -0.39 is 26.0 Å². The maximum absolute atomic E-state index is 13.9. The van der Waals surface area contributed by atoms with E-state index in [1.807, 2.05) is 19.1 Å².